The number of ether oxygens (including phenoxy) is 2. The van der Waals surface area contributed by atoms with Crippen LogP contribution in [0.3, 0.4) is 0 Å². The number of nitrogens with zero attached hydrogens (tertiary/aromatic N) is 1. The molecule has 2 aromatic carbocycles. The van der Waals surface area contributed by atoms with Crippen LogP contribution in [0.2, 0.25) is 0 Å². The summed E-state index contributed by atoms with van der Waals surface area (Å²) in [6, 6.07) is 15.1. The third-order valence-corrected chi connectivity index (χ3v) is 5.45. The average Bonchev–Trinajstić information content (AvgIpc) is 2.76. The Morgan fingerprint density at radius 2 is 1.80 bits per heavy atom. The van der Waals surface area contributed by atoms with Crippen molar-refractivity contribution in [3.05, 3.63) is 65.5 Å². The average molecular weight is 527 g/mol. The van der Waals surface area contributed by atoms with Crippen molar-refractivity contribution in [2.75, 3.05) is 33.4 Å². The van der Waals surface area contributed by atoms with Gasteiger partial charge in [-0.15, -0.1) is 24.0 Å². The van der Waals surface area contributed by atoms with E-state index in [1.54, 1.807) is 19.2 Å². The Morgan fingerprint density at radius 3 is 2.43 bits per heavy atom. The zero-order valence-electron chi connectivity index (χ0n) is 17.6. The first kappa shape index (κ1) is 24.4. The van der Waals surface area contributed by atoms with Crippen LogP contribution < -0.4 is 15.4 Å². The van der Waals surface area contributed by atoms with E-state index in [0.29, 0.717) is 24.7 Å². The second-order valence-corrected chi connectivity index (χ2v) is 7.22. The highest BCUT2D eigenvalue weighted by molar-refractivity contribution is 14.0. The van der Waals surface area contributed by atoms with E-state index in [9.17, 15) is 4.39 Å². The summed E-state index contributed by atoms with van der Waals surface area (Å²) in [5, 5.41) is 6.65. The van der Waals surface area contributed by atoms with E-state index >= 15 is 0 Å². The maximum Gasteiger partial charge on any atom is 0.191 e. The molecule has 0 saturated carbocycles. The zero-order chi connectivity index (χ0) is 20.5. The smallest absolute Gasteiger partial charge is 0.191 e. The second-order valence-electron chi connectivity index (χ2n) is 7.22. The number of rotatable bonds is 7. The highest BCUT2D eigenvalue weighted by Gasteiger charge is 2.34. The molecule has 1 saturated heterocycles. The summed E-state index contributed by atoms with van der Waals surface area (Å²) in [7, 11) is 1.73. The number of nitrogens with one attached hydrogen (secondary N) is 2. The van der Waals surface area contributed by atoms with Gasteiger partial charge in [-0.05, 0) is 43.5 Å². The quantitative estimate of drug-likeness (QED) is 0.321. The van der Waals surface area contributed by atoms with Crippen molar-refractivity contribution in [3.63, 3.8) is 0 Å². The van der Waals surface area contributed by atoms with Gasteiger partial charge in [0, 0.05) is 44.3 Å². The first-order chi connectivity index (χ1) is 14.2. The molecule has 0 amide bonds. The van der Waals surface area contributed by atoms with Gasteiger partial charge in [0.25, 0.3) is 0 Å². The molecule has 1 aliphatic heterocycles. The Hall–Kier alpha value is -1.87. The second kappa shape index (κ2) is 12.1. The fourth-order valence-corrected chi connectivity index (χ4v) is 3.70. The molecule has 164 valence electrons. The lowest BCUT2D eigenvalue weighted by Gasteiger charge is -2.38. The van der Waals surface area contributed by atoms with Crippen molar-refractivity contribution in [1.82, 2.24) is 10.6 Å². The number of hydrogen-bond acceptors (Lipinski definition) is 3. The molecule has 2 aromatic rings. The zero-order valence-corrected chi connectivity index (χ0v) is 19.9. The third-order valence-electron chi connectivity index (χ3n) is 5.45. The van der Waals surface area contributed by atoms with Crippen LogP contribution >= 0.6 is 24.0 Å². The predicted octanol–water partition coefficient (Wildman–Crippen LogP) is 4.26. The lowest BCUT2D eigenvalue weighted by molar-refractivity contribution is 0.0513. The van der Waals surface area contributed by atoms with Crippen LogP contribution in [-0.4, -0.2) is 39.4 Å². The minimum Gasteiger partial charge on any atom is -0.494 e. The lowest BCUT2D eigenvalue weighted by Crippen LogP contribution is -2.48. The lowest BCUT2D eigenvalue weighted by atomic mass is 9.74. The molecule has 0 bridgehead atoms. The Morgan fingerprint density at radius 1 is 1.10 bits per heavy atom. The number of hydrogen-bond donors (Lipinski definition) is 2. The van der Waals surface area contributed by atoms with Crippen LogP contribution in [0.4, 0.5) is 4.39 Å². The van der Waals surface area contributed by atoms with Gasteiger partial charge in [-0.1, -0.05) is 30.3 Å². The number of aliphatic imine (C=N–C) groups is 1. The van der Waals surface area contributed by atoms with Crippen LogP contribution in [0.15, 0.2) is 53.5 Å². The SMILES string of the molecule is CCOc1ccc(C2(CNC(=NC)NCc3ccccc3F)CCOCC2)cc1.I. The van der Waals surface area contributed by atoms with Crippen molar-refractivity contribution in [2.45, 2.75) is 31.7 Å². The molecule has 0 radical (unpaired) electrons. The Bertz CT molecular complexity index is 808. The molecule has 0 aromatic heterocycles. The predicted molar refractivity (Wildman–Crippen MR) is 129 cm³/mol. The summed E-state index contributed by atoms with van der Waals surface area (Å²) in [4.78, 5) is 4.30. The van der Waals surface area contributed by atoms with Crippen molar-refractivity contribution in [1.29, 1.82) is 0 Å². The van der Waals surface area contributed by atoms with Gasteiger partial charge in [0.15, 0.2) is 5.96 Å². The molecule has 0 unspecified atom stereocenters. The maximum absolute atomic E-state index is 13.9. The van der Waals surface area contributed by atoms with E-state index in [0.717, 1.165) is 38.3 Å². The summed E-state index contributed by atoms with van der Waals surface area (Å²) in [6.07, 6.45) is 1.86. The van der Waals surface area contributed by atoms with Crippen LogP contribution in [0.5, 0.6) is 5.75 Å². The van der Waals surface area contributed by atoms with E-state index in [2.05, 4.69) is 27.8 Å². The molecule has 7 heteroatoms. The first-order valence-corrected chi connectivity index (χ1v) is 10.2. The molecule has 5 nitrogen and oxygen atoms in total. The number of guanidine groups is 1. The van der Waals surface area contributed by atoms with E-state index in [1.807, 2.05) is 25.1 Å². The summed E-state index contributed by atoms with van der Waals surface area (Å²) in [5.41, 5.74) is 1.84. The summed E-state index contributed by atoms with van der Waals surface area (Å²) in [5.74, 6) is 1.32. The minimum absolute atomic E-state index is 0. The molecule has 1 aliphatic rings. The van der Waals surface area contributed by atoms with Gasteiger partial charge in [0.05, 0.1) is 6.61 Å². The van der Waals surface area contributed by atoms with Gasteiger partial charge in [0.2, 0.25) is 0 Å². The van der Waals surface area contributed by atoms with E-state index < -0.39 is 0 Å². The van der Waals surface area contributed by atoms with Crippen LogP contribution in [0.1, 0.15) is 30.9 Å². The summed E-state index contributed by atoms with van der Waals surface area (Å²) >= 11 is 0. The van der Waals surface area contributed by atoms with Gasteiger partial charge >= 0.3 is 0 Å². The van der Waals surface area contributed by atoms with Gasteiger partial charge in [-0.3, -0.25) is 4.99 Å². The molecule has 1 heterocycles. The Balaban J connectivity index is 0.00000320. The van der Waals surface area contributed by atoms with E-state index in [4.69, 9.17) is 9.47 Å². The fraction of sp³-hybridized carbons (Fsp3) is 0.435. The number of halogens is 2. The third kappa shape index (κ3) is 6.31. The van der Waals surface area contributed by atoms with Crippen LogP contribution in [0, 0.1) is 5.82 Å². The monoisotopic (exact) mass is 527 g/mol. The molecule has 1 fully saturated rings. The molecule has 0 atom stereocenters. The molecule has 0 spiro atoms. The number of benzene rings is 2. The summed E-state index contributed by atoms with van der Waals surface area (Å²) < 4.78 is 25.1. The highest BCUT2D eigenvalue weighted by Crippen LogP contribution is 2.35. The van der Waals surface area contributed by atoms with Crippen LogP contribution in [-0.2, 0) is 16.7 Å². The topological polar surface area (TPSA) is 54.9 Å². The molecular weight excluding hydrogens is 496 g/mol. The summed E-state index contributed by atoms with van der Waals surface area (Å²) in [6.45, 7) is 5.21. The molecule has 3 rings (SSSR count). The standard InChI is InChI=1S/C23H30FN3O2.HI/c1-3-29-20-10-8-19(9-11-20)23(12-14-28-15-13-23)17-27-22(25-2)26-16-18-6-4-5-7-21(18)24;/h4-11H,3,12-17H2,1-2H3,(H2,25,26,27);1H. The van der Waals surface area contributed by atoms with Crippen molar-refractivity contribution < 1.29 is 13.9 Å². The van der Waals surface area contributed by atoms with Gasteiger partial charge in [-0.25, -0.2) is 4.39 Å². The Labute approximate surface area is 195 Å². The minimum atomic E-state index is -0.217. The van der Waals surface area contributed by atoms with Crippen LogP contribution in [0.25, 0.3) is 0 Å². The van der Waals surface area contributed by atoms with Crippen molar-refractivity contribution in [2.24, 2.45) is 4.99 Å². The molecule has 2 N–H and O–H groups in total. The first-order valence-electron chi connectivity index (χ1n) is 10.2. The van der Waals surface area contributed by atoms with E-state index in [-0.39, 0.29) is 35.2 Å². The van der Waals surface area contributed by atoms with Gasteiger partial charge in [-0.2, -0.15) is 0 Å². The normalized spacial score (nSPS) is 15.8. The largest absolute Gasteiger partial charge is 0.494 e. The van der Waals surface area contributed by atoms with Crippen molar-refractivity contribution >= 4 is 29.9 Å². The van der Waals surface area contributed by atoms with Crippen molar-refractivity contribution in [3.8, 4) is 5.75 Å². The van der Waals surface area contributed by atoms with Gasteiger partial charge < -0.3 is 20.1 Å². The fourth-order valence-electron chi connectivity index (χ4n) is 3.70. The maximum atomic E-state index is 13.9. The molecule has 30 heavy (non-hydrogen) atoms. The molecule has 0 aliphatic carbocycles. The Kier molecular flexibility index (Phi) is 9.84. The molecular formula is C23H31FIN3O2. The van der Waals surface area contributed by atoms with E-state index in [1.165, 1.54) is 11.6 Å². The highest BCUT2D eigenvalue weighted by atomic mass is 127. The van der Waals surface area contributed by atoms with Gasteiger partial charge in [0.1, 0.15) is 11.6 Å².